The van der Waals surface area contributed by atoms with Crippen LogP contribution in [0.1, 0.15) is 40.0 Å². The second-order valence-corrected chi connectivity index (χ2v) is 6.71. The van der Waals surface area contributed by atoms with Gasteiger partial charge in [0.2, 0.25) is 5.91 Å². The number of nitrogens with one attached hydrogen (secondary N) is 1. The molecule has 4 heteroatoms. The first kappa shape index (κ1) is 14.8. The van der Waals surface area contributed by atoms with Crippen LogP contribution in [0.5, 0.6) is 0 Å². The van der Waals surface area contributed by atoms with Crippen LogP contribution in [0.4, 0.5) is 0 Å². The zero-order valence-corrected chi connectivity index (χ0v) is 11.8. The molecule has 2 fully saturated rings. The van der Waals surface area contributed by atoms with E-state index in [1.165, 1.54) is 19.3 Å². The maximum atomic E-state index is 12.1. The molecule has 0 unspecified atom stereocenters. The first-order chi connectivity index (χ1) is 7.38. The van der Waals surface area contributed by atoms with E-state index in [0.717, 1.165) is 6.54 Å². The molecule has 0 heterocycles. The Morgan fingerprint density at radius 3 is 2.35 bits per heavy atom. The molecule has 100 valence electrons. The highest BCUT2D eigenvalue weighted by Crippen LogP contribution is 2.47. The van der Waals surface area contributed by atoms with Gasteiger partial charge in [0.1, 0.15) is 0 Å². The van der Waals surface area contributed by atoms with Crippen LogP contribution >= 0.6 is 12.4 Å². The van der Waals surface area contributed by atoms with Crippen molar-refractivity contribution in [1.82, 2.24) is 5.32 Å². The predicted octanol–water partition coefficient (Wildman–Crippen LogP) is 1.94. The van der Waals surface area contributed by atoms with Crippen LogP contribution in [0.3, 0.4) is 0 Å². The van der Waals surface area contributed by atoms with E-state index in [4.69, 9.17) is 5.73 Å². The number of amides is 1. The molecule has 2 aliphatic carbocycles. The quantitative estimate of drug-likeness (QED) is 0.797. The van der Waals surface area contributed by atoms with Gasteiger partial charge in [-0.25, -0.2) is 0 Å². The Hall–Kier alpha value is -0.280. The van der Waals surface area contributed by atoms with Crippen LogP contribution in [-0.2, 0) is 4.79 Å². The SMILES string of the molecule is CC(C)(C)CNC(=O)[C@@H]1[C@@H]2CC[C@@H](C2)[C@@H]1N.Cl. The molecule has 4 atom stereocenters. The number of fused-ring (bicyclic) bond motifs is 2. The third-order valence-corrected chi connectivity index (χ3v) is 4.08. The van der Waals surface area contributed by atoms with Gasteiger partial charge in [-0.2, -0.15) is 0 Å². The molecular weight excluding hydrogens is 236 g/mol. The minimum absolute atomic E-state index is 0. The average Bonchev–Trinajstić information content (AvgIpc) is 2.73. The van der Waals surface area contributed by atoms with Gasteiger partial charge < -0.3 is 11.1 Å². The number of nitrogens with two attached hydrogens (primary N) is 1. The predicted molar refractivity (Wildman–Crippen MR) is 72.0 cm³/mol. The fraction of sp³-hybridized carbons (Fsp3) is 0.923. The molecule has 3 N–H and O–H groups in total. The van der Waals surface area contributed by atoms with E-state index < -0.39 is 0 Å². The normalized spacial score (nSPS) is 35.5. The van der Waals surface area contributed by atoms with Crippen molar-refractivity contribution in [3.8, 4) is 0 Å². The van der Waals surface area contributed by atoms with Gasteiger partial charge in [0.25, 0.3) is 0 Å². The van der Waals surface area contributed by atoms with Crippen LogP contribution in [0.15, 0.2) is 0 Å². The molecule has 2 aliphatic rings. The molecule has 0 spiro atoms. The van der Waals surface area contributed by atoms with Crippen LogP contribution < -0.4 is 11.1 Å². The summed E-state index contributed by atoms with van der Waals surface area (Å²) in [4.78, 5) is 12.1. The van der Waals surface area contributed by atoms with E-state index in [2.05, 4.69) is 26.1 Å². The maximum absolute atomic E-state index is 12.1. The summed E-state index contributed by atoms with van der Waals surface area (Å²) in [6, 6.07) is 0.110. The smallest absolute Gasteiger partial charge is 0.224 e. The van der Waals surface area contributed by atoms with Crippen LogP contribution in [0.25, 0.3) is 0 Å². The van der Waals surface area contributed by atoms with Gasteiger partial charge in [-0.3, -0.25) is 4.79 Å². The summed E-state index contributed by atoms with van der Waals surface area (Å²) in [6.45, 7) is 7.14. The monoisotopic (exact) mass is 260 g/mol. The fourth-order valence-electron chi connectivity index (χ4n) is 3.19. The van der Waals surface area contributed by atoms with Crippen molar-refractivity contribution in [2.45, 2.75) is 46.1 Å². The van der Waals surface area contributed by atoms with Crippen molar-refractivity contribution < 1.29 is 4.79 Å². The standard InChI is InChI=1S/C13H24N2O.ClH/c1-13(2,3)7-15-12(16)10-8-4-5-9(6-8)11(10)14;/h8-11H,4-7,14H2,1-3H3,(H,15,16);1H/t8-,9+,10-,11+;/m1./s1. The number of carbonyl (C=O) groups is 1. The highest BCUT2D eigenvalue weighted by atomic mass is 35.5. The summed E-state index contributed by atoms with van der Waals surface area (Å²) in [7, 11) is 0. The molecule has 2 rings (SSSR count). The molecule has 1 amide bonds. The van der Waals surface area contributed by atoms with E-state index in [9.17, 15) is 4.79 Å². The third kappa shape index (κ3) is 3.14. The van der Waals surface area contributed by atoms with E-state index >= 15 is 0 Å². The lowest BCUT2D eigenvalue weighted by atomic mass is 9.84. The van der Waals surface area contributed by atoms with Crippen molar-refractivity contribution in [1.29, 1.82) is 0 Å². The minimum Gasteiger partial charge on any atom is -0.355 e. The lowest BCUT2D eigenvalue weighted by molar-refractivity contribution is -0.127. The molecule has 0 aliphatic heterocycles. The van der Waals surface area contributed by atoms with Gasteiger partial charge in [-0.15, -0.1) is 12.4 Å². The number of hydrogen-bond donors (Lipinski definition) is 2. The van der Waals surface area contributed by atoms with E-state index in [-0.39, 0.29) is 35.7 Å². The second kappa shape index (κ2) is 5.15. The number of rotatable bonds is 2. The summed E-state index contributed by atoms with van der Waals surface area (Å²) in [5, 5.41) is 3.06. The Morgan fingerprint density at radius 1 is 1.29 bits per heavy atom. The first-order valence-corrected chi connectivity index (χ1v) is 6.42. The largest absolute Gasteiger partial charge is 0.355 e. The van der Waals surface area contributed by atoms with Gasteiger partial charge in [-0.1, -0.05) is 20.8 Å². The molecule has 0 saturated heterocycles. The summed E-state index contributed by atoms with van der Waals surface area (Å²) >= 11 is 0. The zero-order valence-electron chi connectivity index (χ0n) is 11.0. The molecule has 0 radical (unpaired) electrons. The average molecular weight is 261 g/mol. The van der Waals surface area contributed by atoms with Gasteiger partial charge in [0.15, 0.2) is 0 Å². The van der Waals surface area contributed by atoms with E-state index in [0.29, 0.717) is 11.8 Å². The number of halogens is 1. The topological polar surface area (TPSA) is 55.1 Å². The zero-order chi connectivity index (χ0) is 11.9. The molecular formula is C13H25ClN2O. The van der Waals surface area contributed by atoms with Crippen LogP contribution in [0.2, 0.25) is 0 Å². The van der Waals surface area contributed by atoms with Crippen molar-refractivity contribution >= 4 is 18.3 Å². The number of hydrogen-bond acceptors (Lipinski definition) is 2. The Balaban J connectivity index is 0.00000144. The second-order valence-electron chi connectivity index (χ2n) is 6.71. The summed E-state index contributed by atoms with van der Waals surface area (Å²) in [5.74, 6) is 1.44. The lowest BCUT2D eigenvalue weighted by Crippen LogP contribution is -2.46. The molecule has 2 saturated carbocycles. The fourth-order valence-corrected chi connectivity index (χ4v) is 3.19. The Bertz CT molecular complexity index is 286. The summed E-state index contributed by atoms with van der Waals surface area (Å²) < 4.78 is 0. The molecule has 0 aromatic heterocycles. The Kier molecular flexibility index (Phi) is 4.48. The van der Waals surface area contributed by atoms with Gasteiger partial charge in [-0.05, 0) is 36.5 Å². The van der Waals surface area contributed by atoms with Crippen molar-refractivity contribution in [3.05, 3.63) is 0 Å². The molecule has 3 nitrogen and oxygen atoms in total. The molecule has 2 bridgehead atoms. The summed E-state index contributed by atoms with van der Waals surface area (Å²) in [5.41, 5.74) is 6.29. The first-order valence-electron chi connectivity index (χ1n) is 6.42. The van der Waals surface area contributed by atoms with Gasteiger partial charge in [0.05, 0.1) is 5.92 Å². The molecule has 0 aromatic rings. The Labute approximate surface area is 110 Å². The van der Waals surface area contributed by atoms with Crippen LogP contribution in [0, 0.1) is 23.2 Å². The van der Waals surface area contributed by atoms with Crippen molar-refractivity contribution in [3.63, 3.8) is 0 Å². The van der Waals surface area contributed by atoms with Crippen molar-refractivity contribution in [2.24, 2.45) is 28.9 Å². The number of carbonyl (C=O) groups excluding carboxylic acids is 1. The maximum Gasteiger partial charge on any atom is 0.224 e. The van der Waals surface area contributed by atoms with E-state index in [1.807, 2.05) is 0 Å². The molecule has 0 aromatic carbocycles. The van der Waals surface area contributed by atoms with Gasteiger partial charge in [0, 0.05) is 12.6 Å². The summed E-state index contributed by atoms with van der Waals surface area (Å²) in [6.07, 6.45) is 3.61. The van der Waals surface area contributed by atoms with Gasteiger partial charge >= 0.3 is 0 Å². The third-order valence-electron chi connectivity index (χ3n) is 4.08. The highest BCUT2D eigenvalue weighted by Gasteiger charge is 2.48. The molecule has 17 heavy (non-hydrogen) atoms. The Morgan fingerprint density at radius 2 is 1.88 bits per heavy atom. The van der Waals surface area contributed by atoms with E-state index in [1.54, 1.807) is 0 Å². The van der Waals surface area contributed by atoms with Crippen LogP contribution in [-0.4, -0.2) is 18.5 Å². The van der Waals surface area contributed by atoms with Crippen molar-refractivity contribution in [2.75, 3.05) is 6.54 Å². The highest BCUT2D eigenvalue weighted by molar-refractivity contribution is 5.85. The minimum atomic E-state index is 0. The lowest BCUT2D eigenvalue weighted by Gasteiger charge is -2.28.